The lowest BCUT2D eigenvalue weighted by Gasteiger charge is -2.35. The highest BCUT2D eigenvalue weighted by Crippen LogP contribution is 2.48. The molecular formula is C142H98N4S2Si2. The van der Waals surface area contributed by atoms with Crippen LogP contribution in [0.15, 0.2) is 595 Å². The smallest absolute Gasteiger partial charge is 0.179 e. The summed E-state index contributed by atoms with van der Waals surface area (Å²) in [6.07, 6.45) is 0. The Morgan fingerprint density at radius 1 is 0.160 bits per heavy atom. The second kappa shape index (κ2) is 38.9. The molecule has 0 fully saturated rings. The van der Waals surface area contributed by atoms with Gasteiger partial charge >= 0.3 is 0 Å². The van der Waals surface area contributed by atoms with Gasteiger partial charge in [-0.3, -0.25) is 0 Å². The largest absolute Gasteiger partial charge is 0.311 e. The number of nitrogens with zero attached hydrogens (tertiary/aromatic N) is 4. The van der Waals surface area contributed by atoms with Crippen LogP contribution in [0.2, 0.25) is 0 Å². The highest BCUT2D eigenvalue weighted by molar-refractivity contribution is 7.26. The first kappa shape index (κ1) is 90.4. The minimum Gasteiger partial charge on any atom is -0.311 e. The van der Waals surface area contributed by atoms with Crippen molar-refractivity contribution in [2.45, 2.75) is 0 Å². The molecule has 0 atom stereocenters. The zero-order valence-electron chi connectivity index (χ0n) is 82.2. The summed E-state index contributed by atoms with van der Waals surface area (Å²) in [4.78, 5) is 4.84. The Hall–Kier alpha value is -18.4. The van der Waals surface area contributed by atoms with Gasteiger partial charge in [0.2, 0.25) is 0 Å². The third-order valence-corrected chi connectivity index (χ3v) is 42.5. The SMILES string of the molecule is c1ccc(-n2c3ccccc3c3c(-c4ccc(-c5ccc(N(c6ccc(-c7cccc8c7sc7ccccc78)cc6)c6ccc([Si](c7ccccc7)(c7ccccc7)c7ccccc7)cc6)cc5)cc4)cccc32)cc1.c1ccc(-n2c3ccccc3c3c(-c4ccc(-c5ccc(N(c6ccc([Si](c7ccccc7)(c7ccccc7)c7ccccc7)cc6)c6ccc7c(c6)sc6ccc8ccccc8c67)cc5)cc4)cccc32)cc1. The van der Waals surface area contributed by atoms with Gasteiger partial charge in [-0.15, -0.1) is 22.7 Å². The van der Waals surface area contributed by atoms with Crippen molar-refractivity contribution in [1.29, 1.82) is 0 Å². The summed E-state index contributed by atoms with van der Waals surface area (Å²) >= 11 is 3.75. The third-order valence-electron chi connectivity index (χ3n) is 30.5. The van der Waals surface area contributed by atoms with Crippen LogP contribution in [0.3, 0.4) is 0 Å². The lowest BCUT2D eigenvalue weighted by atomic mass is 9.97. The number of thiophene rings is 2. The van der Waals surface area contributed by atoms with Gasteiger partial charge in [-0.25, -0.2) is 0 Å². The van der Waals surface area contributed by atoms with Crippen molar-refractivity contribution in [3.8, 4) is 67.0 Å². The van der Waals surface area contributed by atoms with Gasteiger partial charge in [0.15, 0.2) is 16.1 Å². The van der Waals surface area contributed by atoms with Crippen molar-refractivity contribution in [3.63, 3.8) is 0 Å². The van der Waals surface area contributed by atoms with E-state index in [4.69, 9.17) is 0 Å². The Kier molecular flexibility index (Phi) is 23.4. The number of benzene rings is 24. The molecule has 28 aromatic rings. The zero-order valence-corrected chi connectivity index (χ0v) is 85.8. The standard InChI is InChI=1S/C72H50N2SSi.C70H48N2SSi/c1-5-19-55(20-6-1)74-68-32-15-13-28-67(68)71-63(29-18-33-69(71)74)53-37-35-51(36-38-53)52-39-43-56(44-40-52)73(57-45-41-54(42-46-57)64-30-17-31-66-65-27-14-16-34-70(65)75-72(64)66)58-47-49-62(50-48-58)76(59-21-7-2-8-22-59,60-23-9-3-10-24-60)61-25-11-4-12-26-61;1-5-19-53(20-6-1)72-65-30-16-15-28-63(65)69-61(29-17-31-66(69)72)52-34-32-49(33-35-52)50-36-39-54(40-37-50)71(56-43-46-64-68(48-56)73-67-47-38-51-18-13-14-27-62(51)70(64)67)55-41-44-60(45-42-55)74(57-21-7-2-8-22-57,58-23-9-3-10-24-58)59-25-11-4-12-26-59/h1-50H;1-48H. The van der Waals surface area contributed by atoms with Gasteiger partial charge in [0.25, 0.3) is 0 Å². The van der Waals surface area contributed by atoms with Gasteiger partial charge in [-0.05, 0) is 241 Å². The molecule has 0 bridgehead atoms. The Morgan fingerprint density at radius 2 is 0.453 bits per heavy atom. The number of rotatable bonds is 21. The number of aromatic nitrogens is 2. The Bertz CT molecular complexity index is 9610. The van der Waals surface area contributed by atoms with Crippen LogP contribution < -0.4 is 51.3 Å². The molecule has 0 radical (unpaired) electrons. The minimum absolute atomic E-state index is 1.09. The molecule has 150 heavy (non-hydrogen) atoms. The molecule has 706 valence electrons. The van der Waals surface area contributed by atoms with Crippen molar-refractivity contribution in [2.75, 3.05) is 9.80 Å². The van der Waals surface area contributed by atoms with Crippen molar-refractivity contribution < 1.29 is 0 Å². The van der Waals surface area contributed by atoms with Crippen molar-refractivity contribution in [2.24, 2.45) is 0 Å². The summed E-state index contributed by atoms with van der Waals surface area (Å²) < 4.78 is 9.99. The topological polar surface area (TPSA) is 16.3 Å². The molecule has 0 unspecified atom stereocenters. The van der Waals surface area contributed by atoms with E-state index in [0.29, 0.717) is 0 Å². The molecule has 0 spiro atoms. The molecule has 0 aliphatic carbocycles. The first-order chi connectivity index (χ1) is 74.4. The molecule has 4 aromatic heterocycles. The number of para-hydroxylation sites is 4. The first-order valence-electron chi connectivity index (χ1n) is 51.5. The van der Waals surface area contributed by atoms with Crippen LogP contribution in [0.1, 0.15) is 0 Å². The maximum atomic E-state index is 2.43. The Balaban J connectivity index is 0.000000148. The van der Waals surface area contributed by atoms with Gasteiger partial charge in [0.1, 0.15) is 0 Å². The van der Waals surface area contributed by atoms with E-state index in [1.807, 2.05) is 22.7 Å². The second-order valence-electron chi connectivity index (χ2n) is 38.8. The van der Waals surface area contributed by atoms with E-state index in [1.54, 1.807) is 0 Å². The van der Waals surface area contributed by atoms with E-state index in [9.17, 15) is 0 Å². The van der Waals surface area contributed by atoms with Gasteiger partial charge in [0.05, 0.1) is 22.1 Å². The minimum atomic E-state index is -2.72. The van der Waals surface area contributed by atoms with E-state index >= 15 is 0 Å². The van der Waals surface area contributed by atoms with E-state index in [-0.39, 0.29) is 0 Å². The zero-order chi connectivity index (χ0) is 99.4. The summed E-state index contributed by atoms with van der Waals surface area (Å²) in [6.45, 7) is 0. The lowest BCUT2D eigenvalue weighted by molar-refractivity contribution is 1.18. The van der Waals surface area contributed by atoms with E-state index in [0.717, 1.165) is 45.5 Å². The summed E-state index contributed by atoms with van der Waals surface area (Å²) in [6, 6.07) is 220. The van der Waals surface area contributed by atoms with Crippen molar-refractivity contribution >= 4 is 209 Å². The van der Waals surface area contributed by atoms with Crippen LogP contribution in [0.4, 0.5) is 34.1 Å². The molecule has 4 heterocycles. The van der Waals surface area contributed by atoms with Gasteiger partial charge < -0.3 is 18.9 Å². The third kappa shape index (κ3) is 15.9. The quantitative estimate of drug-likeness (QED) is 0.0527. The Labute approximate surface area is 882 Å². The predicted octanol–water partition coefficient (Wildman–Crippen LogP) is 33.5. The highest BCUT2D eigenvalue weighted by atomic mass is 32.1. The molecule has 8 heteroatoms. The van der Waals surface area contributed by atoms with Crippen molar-refractivity contribution in [3.05, 3.63) is 595 Å². The fourth-order valence-corrected chi connectivity index (χ4v) is 35.6. The molecule has 0 aliphatic rings. The molecule has 0 saturated carbocycles. The Morgan fingerprint density at radius 3 is 0.873 bits per heavy atom. The lowest BCUT2D eigenvalue weighted by Crippen LogP contribution is -2.74. The van der Waals surface area contributed by atoms with E-state index in [2.05, 4.69) is 613 Å². The van der Waals surface area contributed by atoms with Gasteiger partial charge in [-0.2, -0.15) is 0 Å². The molecule has 24 aromatic carbocycles. The van der Waals surface area contributed by atoms with Gasteiger partial charge in [0, 0.05) is 107 Å². The molecule has 4 nitrogen and oxygen atoms in total. The molecule has 0 saturated heterocycles. The number of fused-ring (bicyclic) bond motifs is 14. The van der Waals surface area contributed by atoms with Gasteiger partial charge in [-0.1, -0.05) is 461 Å². The fraction of sp³-hybridized carbons (Fsp3) is 0. The van der Waals surface area contributed by atoms with Crippen LogP contribution >= 0.6 is 22.7 Å². The molecule has 28 rings (SSSR count). The molecule has 0 aliphatic heterocycles. The number of anilines is 6. The van der Waals surface area contributed by atoms with Crippen LogP contribution in [0, 0.1) is 0 Å². The maximum Gasteiger partial charge on any atom is 0.179 e. The van der Waals surface area contributed by atoms with Crippen LogP contribution in [-0.4, -0.2) is 25.3 Å². The first-order valence-corrected chi connectivity index (χ1v) is 57.1. The molecule has 0 N–H and O–H groups in total. The van der Waals surface area contributed by atoms with Crippen LogP contribution in [0.5, 0.6) is 0 Å². The van der Waals surface area contributed by atoms with E-state index in [1.165, 1.54) is 192 Å². The number of hydrogen-bond acceptors (Lipinski definition) is 4. The van der Waals surface area contributed by atoms with Crippen LogP contribution in [-0.2, 0) is 0 Å². The normalized spacial score (nSPS) is 11.7. The molecule has 0 amide bonds. The summed E-state index contributed by atoms with van der Waals surface area (Å²) in [5.41, 5.74) is 25.8. The highest BCUT2D eigenvalue weighted by Gasteiger charge is 2.43. The van der Waals surface area contributed by atoms with E-state index < -0.39 is 16.1 Å². The predicted molar refractivity (Wildman–Crippen MR) is 649 cm³/mol. The maximum absolute atomic E-state index is 2.72. The summed E-state index contributed by atoms with van der Waals surface area (Å²) in [5, 5.41) is 23.7. The number of hydrogen-bond donors (Lipinski definition) is 0. The average molecular weight is 1980 g/mol. The summed E-state index contributed by atoms with van der Waals surface area (Å²) in [5.74, 6) is 0. The molecular weight excluding hydrogens is 1880 g/mol. The monoisotopic (exact) mass is 1980 g/mol. The van der Waals surface area contributed by atoms with Crippen LogP contribution in [0.25, 0.3) is 162 Å². The summed E-state index contributed by atoms with van der Waals surface area (Å²) in [7, 11) is -5.45. The second-order valence-corrected chi connectivity index (χ2v) is 48.5. The average Bonchev–Trinajstić information content (AvgIpc) is 0.814. The fourth-order valence-electron chi connectivity index (χ4n) is 23.7. The van der Waals surface area contributed by atoms with Crippen molar-refractivity contribution in [1.82, 2.24) is 9.13 Å².